The van der Waals surface area contributed by atoms with Crippen molar-refractivity contribution >= 4 is 49.1 Å². The summed E-state index contributed by atoms with van der Waals surface area (Å²) in [6, 6.07) is 8.84. The highest BCUT2D eigenvalue weighted by atomic mass is 32.1. The van der Waals surface area contributed by atoms with Crippen molar-refractivity contribution < 1.29 is 19.0 Å². The second kappa shape index (κ2) is 11.7. The van der Waals surface area contributed by atoms with E-state index in [1.807, 2.05) is 29.2 Å². The van der Waals surface area contributed by atoms with Gasteiger partial charge in [-0.05, 0) is 37.6 Å². The fraction of sp³-hybridized carbons (Fsp3) is 0.444. The average Bonchev–Trinajstić information content (AvgIpc) is 3.31. The fourth-order valence-electron chi connectivity index (χ4n) is 4.96. The van der Waals surface area contributed by atoms with Gasteiger partial charge in [0.25, 0.3) is 5.91 Å². The smallest absolute Gasteiger partial charge is 0.258 e. The van der Waals surface area contributed by atoms with E-state index in [9.17, 15) is 9.59 Å². The van der Waals surface area contributed by atoms with Crippen molar-refractivity contribution in [3.8, 4) is 0 Å². The number of aliphatic hydroxyl groups is 1. The SMILES string of the molecule is CCCN(CCCO)CCNC(=O)c1c(=O)c2cc(F)c(N3CCOCC3)nc2n2c1sc1ccccc12. The number of amides is 1. The Bertz CT molecular complexity index is 1510. The normalized spacial score (nSPS) is 14.3. The molecule has 3 aromatic heterocycles. The van der Waals surface area contributed by atoms with Crippen molar-refractivity contribution in [3.05, 3.63) is 51.9 Å². The Morgan fingerprint density at radius 3 is 2.79 bits per heavy atom. The zero-order valence-electron chi connectivity index (χ0n) is 21.4. The molecule has 38 heavy (non-hydrogen) atoms. The standard InChI is InChI=1S/C27H32FN5O4S/c1-2-9-31(10-5-14-34)11-8-29-26(36)22-23(35)18-17-19(28)25(32-12-15-37-16-13-32)30-24(18)33-20-6-3-4-7-21(20)38-27(22)33/h3-4,6-7,17,34H,2,5,8-16H2,1H3,(H,29,36). The molecular formula is C27H32FN5O4S. The van der Waals surface area contributed by atoms with Gasteiger partial charge in [0, 0.05) is 39.3 Å². The van der Waals surface area contributed by atoms with Gasteiger partial charge in [0.2, 0.25) is 5.43 Å². The van der Waals surface area contributed by atoms with Crippen LogP contribution in [0.2, 0.25) is 0 Å². The molecule has 1 saturated heterocycles. The van der Waals surface area contributed by atoms with Gasteiger partial charge < -0.3 is 25.0 Å². The number of aromatic nitrogens is 2. The number of thiazole rings is 1. The van der Waals surface area contributed by atoms with Gasteiger partial charge in [-0.3, -0.25) is 14.0 Å². The van der Waals surface area contributed by atoms with Gasteiger partial charge in [-0.15, -0.1) is 11.3 Å². The highest BCUT2D eigenvalue weighted by molar-refractivity contribution is 7.24. The van der Waals surface area contributed by atoms with Gasteiger partial charge in [-0.25, -0.2) is 9.37 Å². The summed E-state index contributed by atoms with van der Waals surface area (Å²) < 4.78 is 23.4. The quantitative estimate of drug-likeness (QED) is 0.319. The minimum atomic E-state index is -0.596. The summed E-state index contributed by atoms with van der Waals surface area (Å²) in [6.07, 6.45) is 1.62. The number of hydrogen-bond donors (Lipinski definition) is 2. The monoisotopic (exact) mass is 541 g/mol. The molecule has 11 heteroatoms. The molecule has 0 bridgehead atoms. The minimum absolute atomic E-state index is 0.00331. The molecule has 2 N–H and O–H groups in total. The van der Waals surface area contributed by atoms with E-state index in [0.717, 1.165) is 29.7 Å². The van der Waals surface area contributed by atoms with Crippen LogP contribution < -0.4 is 15.6 Å². The summed E-state index contributed by atoms with van der Waals surface area (Å²) in [5.41, 5.74) is 0.600. The number of nitrogens with zero attached hydrogens (tertiary/aromatic N) is 4. The first kappa shape index (κ1) is 26.5. The zero-order chi connectivity index (χ0) is 26.6. The summed E-state index contributed by atoms with van der Waals surface area (Å²) in [5, 5.41) is 12.1. The Balaban J connectivity index is 1.58. The number of benzene rings is 1. The van der Waals surface area contributed by atoms with Crippen molar-refractivity contribution in [1.29, 1.82) is 0 Å². The lowest BCUT2D eigenvalue weighted by atomic mass is 10.1. The van der Waals surface area contributed by atoms with Gasteiger partial charge in [-0.1, -0.05) is 19.1 Å². The van der Waals surface area contributed by atoms with Crippen LogP contribution in [-0.2, 0) is 4.74 Å². The highest BCUT2D eigenvalue weighted by Gasteiger charge is 2.25. The second-order valence-corrected chi connectivity index (χ2v) is 10.4. The molecule has 0 radical (unpaired) electrons. The first-order valence-corrected chi connectivity index (χ1v) is 13.9. The minimum Gasteiger partial charge on any atom is -0.396 e. The van der Waals surface area contributed by atoms with Gasteiger partial charge in [0.05, 0.1) is 28.8 Å². The molecule has 1 fully saturated rings. The Morgan fingerprint density at radius 2 is 2.03 bits per heavy atom. The Labute approximate surface area is 223 Å². The van der Waals surface area contributed by atoms with Crippen molar-refractivity contribution in [3.63, 3.8) is 0 Å². The summed E-state index contributed by atoms with van der Waals surface area (Å²) >= 11 is 1.35. The average molecular weight is 542 g/mol. The number of anilines is 1. The maximum Gasteiger partial charge on any atom is 0.258 e. The van der Waals surface area contributed by atoms with Crippen molar-refractivity contribution in [1.82, 2.24) is 19.6 Å². The van der Waals surface area contributed by atoms with Crippen LogP contribution in [0.5, 0.6) is 0 Å². The largest absolute Gasteiger partial charge is 0.396 e. The molecule has 0 unspecified atom stereocenters. The van der Waals surface area contributed by atoms with Crippen LogP contribution in [-0.4, -0.2) is 84.4 Å². The molecule has 1 amide bonds. The van der Waals surface area contributed by atoms with Crippen LogP contribution in [0.15, 0.2) is 35.1 Å². The van der Waals surface area contributed by atoms with E-state index in [2.05, 4.69) is 22.1 Å². The molecule has 0 saturated carbocycles. The summed E-state index contributed by atoms with van der Waals surface area (Å²) in [4.78, 5) is 36.3. The van der Waals surface area contributed by atoms with E-state index in [0.29, 0.717) is 56.3 Å². The van der Waals surface area contributed by atoms with Gasteiger partial charge >= 0.3 is 0 Å². The molecule has 0 atom stereocenters. The number of para-hydroxylation sites is 1. The van der Waals surface area contributed by atoms with Crippen LogP contribution in [0, 0.1) is 5.82 Å². The molecular weight excluding hydrogens is 509 g/mol. The summed E-state index contributed by atoms with van der Waals surface area (Å²) in [5.74, 6) is -0.904. The first-order chi connectivity index (χ1) is 18.5. The number of ether oxygens (including phenoxy) is 1. The van der Waals surface area contributed by atoms with Crippen LogP contribution in [0.4, 0.5) is 10.2 Å². The first-order valence-electron chi connectivity index (χ1n) is 13.0. The number of morpholine rings is 1. The summed E-state index contributed by atoms with van der Waals surface area (Å²) in [7, 11) is 0. The molecule has 1 aromatic carbocycles. The van der Waals surface area contributed by atoms with Crippen molar-refractivity contribution in [2.24, 2.45) is 0 Å². The molecule has 5 rings (SSSR count). The molecule has 0 spiro atoms. The van der Waals surface area contributed by atoms with Crippen LogP contribution >= 0.6 is 11.3 Å². The van der Waals surface area contributed by atoms with Crippen LogP contribution in [0.25, 0.3) is 26.1 Å². The molecule has 4 aromatic rings. The molecule has 202 valence electrons. The maximum atomic E-state index is 15.3. The predicted octanol–water partition coefficient (Wildman–Crippen LogP) is 2.86. The van der Waals surface area contributed by atoms with Crippen LogP contribution in [0.1, 0.15) is 30.1 Å². The third-order valence-corrected chi connectivity index (χ3v) is 7.92. The number of nitrogens with one attached hydrogen (secondary N) is 1. The number of fused-ring (bicyclic) bond motifs is 5. The molecule has 1 aliphatic heterocycles. The number of pyridine rings is 2. The van der Waals surface area contributed by atoms with Gasteiger partial charge in [0.1, 0.15) is 10.4 Å². The Morgan fingerprint density at radius 1 is 1.24 bits per heavy atom. The Kier molecular flexibility index (Phi) is 8.18. The topological polar surface area (TPSA) is 99.4 Å². The lowest BCUT2D eigenvalue weighted by molar-refractivity contribution is 0.0948. The molecule has 9 nitrogen and oxygen atoms in total. The van der Waals surface area contributed by atoms with E-state index >= 15 is 4.39 Å². The summed E-state index contributed by atoms with van der Waals surface area (Å²) in [6.45, 7) is 6.69. The number of rotatable bonds is 10. The number of halogens is 1. The molecule has 4 heterocycles. The van der Waals surface area contributed by atoms with Crippen molar-refractivity contribution in [2.75, 3.05) is 64.0 Å². The highest BCUT2D eigenvalue weighted by Crippen LogP contribution is 2.32. The third-order valence-electron chi connectivity index (χ3n) is 6.77. The number of carbonyl (C=O) groups excluding carboxylic acids is 1. The van der Waals surface area contributed by atoms with Crippen LogP contribution in [0.3, 0.4) is 0 Å². The van der Waals surface area contributed by atoms with E-state index in [1.54, 1.807) is 4.40 Å². The van der Waals surface area contributed by atoms with Crippen molar-refractivity contribution in [2.45, 2.75) is 19.8 Å². The number of aliphatic hydroxyl groups excluding tert-OH is 1. The molecule has 0 aliphatic carbocycles. The van der Waals surface area contributed by atoms with Gasteiger partial charge in [0.15, 0.2) is 17.3 Å². The second-order valence-electron chi connectivity index (χ2n) is 9.35. The van der Waals surface area contributed by atoms with E-state index in [1.165, 1.54) is 17.4 Å². The van der Waals surface area contributed by atoms with E-state index in [-0.39, 0.29) is 23.4 Å². The third kappa shape index (κ3) is 5.11. The van der Waals surface area contributed by atoms with Gasteiger partial charge in [-0.2, -0.15) is 0 Å². The lowest BCUT2D eigenvalue weighted by Crippen LogP contribution is -2.38. The van der Waals surface area contributed by atoms with E-state index in [4.69, 9.17) is 9.84 Å². The predicted molar refractivity (Wildman–Crippen MR) is 148 cm³/mol. The van der Waals surface area contributed by atoms with E-state index < -0.39 is 17.2 Å². The zero-order valence-corrected chi connectivity index (χ0v) is 22.2. The number of carbonyl (C=O) groups is 1. The molecule has 1 aliphatic rings. The Hall–Kier alpha value is -3.12. The lowest BCUT2D eigenvalue weighted by Gasteiger charge is -2.28. The number of hydrogen-bond acceptors (Lipinski definition) is 8. The maximum absolute atomic E-state index is 15.3. The fourth-order valence-corrected chi connectivity index (χ4v) is 6.14.